The van der Waals surface area contributed by atoms with E-state index in [2.05, 4.69) is 39.4 Å². The van der Waals surface area contributed by atoms with Crippen molar-refractivity contribution in [1.82, 2.24) is 15.0 Å². The number of aromatic nitrogens is 3. The van der Waals surface area contributed by atoms with Gasteiger partial charge < -0.3 is 10.6 Å². The van der Waals surface area contributed by atoms with Gasteiger partial charge in [0.2, 0.25) is 17.2 Å². The van der Waals surface area contributed by atoms with Gasteiger partial charge >= 0.3 is 0 Å². The molecule has 0 bridgehead atoms. The van der Waals surface area contributed by atoms with Crippen LogP contribution in [0.15, 0.2) is 24.3 Å². The standard InChI is InChI=1S/C14H17Cl2N5/c1-9(2)6-7-17-13-19-12(16)20-14(21-13)18-11-5-3-4-10(15)8-11/h3-5,8-9H,6-7H2,1-2H3,(H2,17,18,19,20,21). The summed E-state index contributed by atoms with van der Waals surface area (Å²) in [6.45, 7) is 5.11. The molecule has 0 saturated heterocycles. The van der Waals surface area contributed by atoms with Crippen LogP contribution in [-0.4, -0.2) is 21.5 Å². The number of hydrogen-bond donors (Lipinski definition) is 2. The smallest absolute Gasteiger partial charge is 0.233 e. The number of rotatable bonds is 6. The summed E-state index contributed by atoms with van der Waals surface area (Å²) in [6, 6.07) is 7.29. The van der Waals surface area contributed by atoms with Gasteiger partial charge in [0.05, 0.1) is 0 Å². The van der Waals surface area contributed by atoms with E-state index in [9.17, 15) is 0 Å². The minimum atomic E-state index is 0.140. The molecule has 0 atom stereocenters. The van der Waals surface area contributed by atoms with Gasteiger partial charge in [-0.15, -0.1) is 0 Å². The maximum Gasteiger partial charge on any atom is 0.233 e. The van der Waals surface area contributed by atoms with E-state index in [0.29, 0.717) is 22.8 Å². The van der Waals surface area contributed by atoms with Gasteiger partial charge in [-0.25, -0.2) is 0 Å². The van der Waals surface area contributed by atoms with E-state index in [0.717, 1.165) is 18.7 Å². The van der Waals surface area contributed by atoms with Crippen molar-refractivity contribution in [3.05, 3.63) is 34.6 Å². The van der Waals surface area contributed by atoms with Crippen LogP contribution in [-0.2, 0) is 0 Å². The van der Waals surface area contributed by atoms with Crippen molar-refractivity contribution in [2.24, 2.45) is 5.92 Å². The lowest BCUT2D eigenvalue weighted by Crippen LogP contribution is -2.10. The second-order valence-corrected chi connectivity index (χ2v) is 5.77. The van der Waals surface area contributed by atoms with Crippen LogP contribution in [0.1, 0.15) is 20.3 Å². The molecule has 0 saturated carbocycles. The van der Waals surface area contributed by atoms with E-state index in [1.807, 2.05) is 12.1 Å². The zero-order valence-electron chi connectivity index (χ0n) is 11.9. The van der Waals surface area contributed by atoms with Gasteiger partial charge in [-0.1, -0.05) is 31.5 Å². The van der Waals surface area contributed by atoms with Gasteiger partial charge in [0, 0.05) is 17.3 Å². The maximum atomic E-state index is 5.94. The first-order valence-electron chi connectivity index (χ1n) is 6.71. The molecule has 2 N–H and O–H groups in total. The van der Waals surface area contributed by atoms with Gasteiger partial charge in [-0.05, 0) is 42.1 Å². The summed E-state index contributed by atoms with van der Waals surface area (Å²) < 4.78 is 0. The van der Waals surface area contributed by atoms with Crippen molar-refractivity contribution in [3.63, 3.8) is 0 Å². The van der Waals surface area contributed by atoms with Crippen LogP contribution >= 0.6 is 23.2 Å². The molecule has 5 nitrogen and oxygen atoms in total. The van der Waals surface area contributed by atoms with Crippen LogP contribution < -0.4 is 10.6 Å². The van der Waals surface area contributed by atoms with Crippen LogP contribution in [0.2, 0.25) is 10.3 Å². The molecule has 0 aliphatic carbocycles. The first-order chi connectivity index (χ1) is 10.0. The Hall–Kier alpha value is -1.59. The molecule has 0 amide bonds. The summed E-state index contributed by atoms with van der Waals surface area (Å²) in [4.78, 5) is 12.4. The zero-order chi connectivity index (χ0) is 15.2. The molecule has 0 spiro atoms. The summed E-state index contributed by atoms with van der Waals surface area (Å²) in [5, 5.41) is 6.97. The molecule has 0 aliphatic heterocycles. The Balaban J connectivity index is 2.07. The monoisotopic (exact) mass is 325 g/mol. The van der Waals surface area contributed by atoms with Crippen molar-refractivity contribution >= 4 is 40.8 Å². The molecule has 112 valence electrons. The molecule has 0 radical (unpaired) electrons. The van der Waals surface area contributed by atoms with Crippen molar-refractivity contribution in [3.8, 4) is 0 Å². The number of nitrogens with one attached hydrogen (secondary N) is 2. The largest absolute Gasteiger partial charge is 0.354 e. The third-order valence-electron chi connectivity index (χ3n) is 2.69. The average Bonchev–Trinajstić information content (AvgIpc) is 2.37. The Kier molecular flexibility index (Phi) is 5.59. The Morgan fingerprint density at radius 2 is 1.86 bits per heavy atom. The van der Waals surface area contributed by atoms with E-state index in [-0.39, 0.29) is 5.28 Å². The summed E-state index contributed by atoms with van der Waals surface area (Å²) in [6.07, 6.45) is 1.03. The molecule has 2 rings (SSSR count). The van der Waals surface area contributed by atoms with Crippen molar-refractivity contribution in [2.45, 2.75) is 20.3 Å². The molecule has 1 aromatic carbocycles. The average molecular weight is 326 g/mol. The third kappa shape index (κ3) is 5.36. The summed E-state index contributed by atoms with van der Waals surface area (Å²) >= 11 is 11.9. The van der Waals surface area contributed by atoms with Crippen molar-refractivity contribution in [1.29, 1.82) is 0 Å². The molecule has 0 fully saturated rings. The molecular weight excluding hydrogens is 309 g/mol. The maximum absolute atomic E-state index is 5.94. The van der Waals surface area contributed by atoms with Crippen molar-refractivity contribution in [2.75, 3.05) is 17.2 Å². The van der Waals surface area contributed by atoms with Gasteiger partial charge in [0.1, 0.15) is 0 Å². The molecule has 7 heteroatoms. The highest BCUT2D eigenvalue weighted by Crippen LogP contribution is 2.19. The first kappa shape index (κ1) is 15.8. The molecule has 2 aromatic rings. The molecule has 21 heavy (non-hydrogen) atoms. The second-order valence-electron chi connectivity index (χ2n) is 5.00. The summed E-state index contributed by atoms with van der Waals surface area (Å²) in [5.74, 6) is 1.45. The number of halogens is 2. The van der Waals surface area contributed by atoms with Gasteiger partial charge in [-0.3, -0.25) is 0 Å². The predicted octanol–water partition coefficient (Wildman–Crippen LogP) is 4.38. The Labute approximate surface area is 134 Å². The number of nitrogens with zero attached hydrogens (tertiary/aromatic N) is 3. The van der Waals surface area contributed by atoms with Crippen LogP contribution in [0.25, 0.3) is 0 Å². The van der Waals surface area contributed by atoms with Crippen LogP contribution in [0.3, 0.4) is 0 Å². The molecule has 1 heterocycles. The number of anilines is 3. The lowest BCUT2D eigenvalue weighted by Gasteiger charge is -2.09. The highest BCUT2D eigenvalue weighted by molar-refractivity contribution is 6.30. The summed E-state index contributed by atoms with van der Waals surface area (Å²) in [7, 11) is 0. The first-order valence-corrected chi connectivity index (χ1v) is 7.46. The lowest BCUT2D eigenvalue weighted by molar-refractivity contribution is 0.606. The predicted molar refractivity (Wildman–Crippen MR) is 87.5 cm³/mol. The summed E-state index contributed by atoms with van der Waals surface area (Å²) in [5.41, 5.74) is 0.790. The fraction of sp³-hybridized carbons (Fsp3) is 0.357. The quantitative estimate of drug-likeness (QED) is 0.825. The van der Waals surface area contributed by atoms with Crippen LogP contribution in [0, 0.1) is 5.92 Å². The molecular formula is C14H17Cl2N5. The third-order valence-corrected chi connectivity index (χ3v) is 3.10. The second kappa shape index (κ2) is 7.43. The van der Waals surface area contributed by atoms with E-state index in [1.54, 1.807) is 12.1 Å². The van der Waals surface area contributed by atoms with E-state index in [4.69, 9.17) is 23.2 Å². The highest BCUT2D eigenvalue weighted by atomic mass is 35.5. The van der Waals surface area contributed by atoms with Gasteiger partial charge in [0.25, 0.3) is 0 Å². The van der Waals surface area contributed by atoms with Gasteiger partial charge in [0.15, 0.2) is 0 Å². The number of benzene rings is 1. The lowest BCUT2D eigenvalue weighted by atomic mass is 10.1. The minimum Gasteiger partial charge on any atom is -0.354 e. The van der Waals surface area contributed by atoms with E-state index in [1.165, 1.54) is 0 Å². The number of hydrogen-bond acceptors (Lipinski definition) is 5. The van der Waals surface area contributed by atoms with Crippen molar-refractivity contribution < 1.29 is 0 Å². The normalized spacial score (nSPS) is 10.7. The Morgan fingerprint density at radius 1 is 1.10 bits per heavy atom. The highest BCUT2D eigenvalue weighted by Gasteiger charge is 2.06. The SMILES string of the molecule is CC(C)CCNc1nc(Cl)nc(Nc2cccc(Cl)c2)n1. The fourth-order valence-corrected chi connectivity index (χ4v) is 2.00. The molecule has 0 aliphatic rings. The molecule has 1 aromatic heterocycles. The zero-order valence-corrected chi connectivity index (χ0v) is 13.4. The Bertz CT molecular complexity index is 604. The molecule has 0 unspecified atom stereocenters. The van der Waals surface area contributed by atoms with E-state index < -0.39 is 0 Å². The van der Waals surface area contributed by atoms with Crippen LogP contribution in [0.5, 0.6) is 0 Å². The van der Waals surface area contributed by atoms with E-state index >= 15 is 0 Å². The van der Waals surface area contributed by atoms with Gasteiger partial charge in [-0.2, -0.15) is 15.0 Å². The topological polar surface area (TPSA) is 62.7 Å². The minimum absolute atomic E-state index is 0.140. The Morgan fingerprint density at radius 3 is 2.57 bits per heavy atom. The fourth-order valence-electron chi connectivity index (χ4n) is 1.65. The van der Waals surface area contributed by atoms with Crippen LogP contribution in [0.4, 0.5) is 17.6 Å².